The first-order valence-electron chi connectivity index (χ1n) is 9.88. The zero-order valence-electron chi connectivity index (χ0n) is 17.0. The summed E-state index contributed by atoms with van der Waals surface area (Å²) in [6.07, 6.45) is -0.792. The lowest BCUT2D eigenvalue weighted by Crippen LogP contribution is -2.36. The maximum atomic E-state index is 12.7. The molecule has 0 aromatic heterocycles. The Bertz CT molecular complexity index is 1080. The van der Waals surface area contributed by atoms with Crippen LogP contribution in [0.15, 0.2) is 72.8 Å². The van der Waals surface area contributed by atoms with Gasteiger partial charge < -0.3 is 24.8 Å². The van der Waals surface area contributed by atoms with Crippen molar-refractivity contribution in [2.24, 2.45) is 0 Å². The number of carbonyl (C=O) groups is 2. The van der Waals surface area contributed by atoms with Gasteiger partial charge in [0.15, 0.2) is 17.6 Å². The van der Waals surface area contributed by atoms with Crippen LogP contribution in [0.25, 0.3) is 0 Å². The molecule has 0 spiro atoms. The van der Waals surface area contributed by atoms with E-state index in [1.807, 2.05) is 36.4 Å². The second-order valence-electron chi connectivity index (χ2n) is 6.98. The Kier molecular flexibility index (Phi) is 6.03. The van der Waals surface area contributed by atoms with Gasteiger partial charge in [0.2, 0.25) is 6.79 Å². The van der Waals surface area contributed by atoms with Crippen molar-refractivity contribution in [2.45, 2.75) is 19.6 Å². The van der Waals surface area contributed by atoms with Crippen molar-refractivity contribution >= 4 is 17.5 Å². The Morgan fingerprint density at radius 2 is 1.71 bits per heavy atom. The molecule has 2 N–H and O–H groups in total. The van der Waals surface area contributed by atoms with Gasteiger partial charge in [0.25, 0.3) is 11.8 Å². The Labute approximate surface area is 179 Å². The molecule has 1 aliphatic heterocycles. The molecule has 0 bridgehead atoms. The molecule has 1 aliphatic rings. The molecule has 2 amide bonds. The lowest BCUT2D eigenvalue weighted by Gasteiger charge is -2.17. The highest BCUT2D eigenvalue weighted by Crippen LogP contribution is 2.32. The lowest BCUT2D eigenvalue weighted by atomic mass is 10.1. The molecule has 3 aromatic carbocycles. The third-order valence-corrected chi connectivity index (χ3v) is 4.74. The molecule has 31 heavy (non-hydrogen) atoms. The van der Waals surface area contributed by atoms with Crippen LogP contribution in [0, 0.1) is 0 Å². The quantitative estimate of drug-likeness (QED) is 0.610. The van der Waals surface area contributed by atoms with Gasteiger partial charge in [-0.15, -0.1) is 0 Å². The van der Waals surface area contributed by atoms with Gasteiger partial charge in [-0.2, -0.15) is 0 Å². The van der Waals surface area contributed by atoms with Crippen LogP contribution in [0.1, 0.15) is 22.8 Å². The predicted molar refractivity (Wildman–Crippen MR) is 115 cm³/mol. The molecule has 1 atom stereocenters. The SMILES string of the molecule is CC(Oc1ccccc1C(=O)Nc1ccccc1)C(=O)NCc1ccc2c(c1)OCO2. The predicted octanol–water partition coefficient (Wildman–Crippen LogP) is 3.75. The Hall–Kier alpha value is -4.00. The maximum Gasteiger partial charge on any atom is 0.261 e. The van der Waals surface area contributed by atoms with Crippen LogP contribution in [0.4, 0.5) is 5.69 Å². The van der Waals surface area contributed by atoms with E-state index in [2.05, 4.69) is 10.6 Å². The average molecular weight is 418 g/mol. The van der Waals surface area contributed by atoms with Gasteiger partial charge >= 0.3 is 0 Å². The molecular formula is C24H22N2O5. The minimum atomic E-state index is -0.792. The second kappa shape index (κ2) is 9.21. The largest absolute Gasteiger partial charge is 0.480 e. The molecular weight excluding hydrogens is 396 g/mol. The highest BCUT2D eigenvalue weighted by molar-refractivity contribution is 6.06. The lowest BCUT2D eigenvalue weighted by molar-refractivity contribution is -0.127. The number of fused-ring (bicyclic) bond motifs is 1. The van der Waals surface area contributed by atoms with E-state index in [0.717, 1.165) is 5.56 Å². The van der Waals surface area contributed by atoms with Crippen molar-refractivity contribution in [3.8, 4) is 17.2 Å². The van der Waals surface area contributed by atoms with Crippen molar-refractivity contribution < 1.29 is 23.8 Å². The number of amides is 2. The van der Waals surface area contributed by atoms with Crippen LogP contribution in [0.2, 0.25) is 0 Å². The van der Waals surface area contributed by atoms with Crippen LogP contribution in [0.3, 0.4) is 0 Å². The number of rotatable bonds is 7. The maximum absolute atomic E-state index is 12.7. The van der Waals surface area contributed by atoms with Crippen molar-refractivity contribution in [2.75, 3.05) is 12.1 Å². The topological polar surface area (TPSA) is 85.9 Å². The summed E-state index contributed by atoms with van der Waals surface area (Å²) < 4.78 is 16.5. The minimum absolute atomic E-state index is 0.202. The number of anilines is 1. The van der Waals surface area contributed by atoms with Crippen molar-refractivity contribution in [3.05, 3.63) is 83.9 Å². The van der Waals surface area contributed by atoms with Gasteiger partial charge in [-0.05, 0) is 48.9 Å². The van der Waals surface area contributed by atoms with Crippen LogP contribution in [-0.4, -0.2) is 24.7 Å². The van der Waals surface area contributed by atoms with Crippen LogP contribution < -0.4 is 24.8 Å². The molecule has 0 aliphatic carbocycles. The standard InChI is InChI=1S/C24H22N2O5/c1-16(23(27)25-14-17-11-12-21-22(13-17)30-15-29-21)31-20-10-6-5-9-19(20)24(28)26-18-7-3-2-4-8-18/h2-13,16H,14-15H2,1H3,(H,25,27)(H,26,28). The van der Waals surface area contributed by atoms with Gasteiger partial charge in [0.05, 0.1) is 5.56 Å². The normalized spacial score (nSPS) is 12.7. The Morgan fingerprint density at radius 1 is 0.968 bits per heavy atom. The molecule has 4 rings (SSSR count). The van der Waals surface area contributed by atoms with E-state index in [1.165, 1.54) is 0 Å². The van der Waals surface area contributed by atoms with Crippen LogP contribution in [0.5, 0.6) is 17.2 Å². The van der Waals surface area contributed by atoms with E-state index in [-0.39, 0.29) is 18.6 Å². The van der Waals surface area contributed by atoms with E-state index in [4.69, 9.17) is 14.2 Å². The highest BCUT2D eigenvalue weighted by atomic mass is 16.7. The number of carbonyl (C=O) groups excluding carboxylic acids is 2. The summed E-state index contributed by atoms with van der Waals surface area (Å²) >= 11 is 0. The molecule has 0 radical (unpaired) electrons. The number of hydrogen-bond donors (Lipinski definition) is 2. The summed E-state index contributed by atoms with van der Waals surface area (Å²) in [5, 5.41) is 5.66. The summed E-state index contributed by atoms with van der Waals surface area (Å²) in [7, 11) is 0. The van der Waals surface area contributed by atoms with Gasteiger partial charge in [-0.3, -0.25) is 9.59 Å². The molecule has 0 saturated carbocycles. The van der Waals surface area contributed by atoms with Crippen LogP contribution >= 0.6 is 0 Å². The van der Waals surface area contributed by atoms with Crippen molar-refractivity contribution in [3.63, 3.8) is 0 Å². The Morgan fingerprint density at radius 3 is 2.55 bits per heavy atom. The average Bonchev–Trinajstić information content (AvgIpc) is 3.26. The first-order chi connectivity index (χ1) is 15.1. The van der Waals surface area contributed by atoms with E-state index in [9.17, 15) is 9.59 Å². The first kappa shape index (κ1) is 20.3. The number of para-hydroxylation sites is 2. The van der Waals surface area contributed by atoms with Crippen molar-refractivity contribution in [1.82, 2.24) is 5.32 Å². The molecule has 0 fully saturated rings. The van der Waals surface area contributed by atoms with E-state index in [1.54, 1.807) is 43.3 Å². The molecule has 3 aromatic rings. The van der Waals surface area contributed by atoms with Gasteiger partial charge in [0, 0.05) is 12.2 Å². The summed E-state index contributed by atoms with van der Waals surface area (Å²) in [6, 6.07) is 21.5. The second-order valence-corrected chi connectivity index (χ2v) is 6.98. The zero-order valence-corrected chi connectivity index (χ0v) is 17.0. The molecule has 1 heterocycles. The number of nitrogens with one attached hydrogen (secondary N) is 2. The fraction of sp³-hybridized carbons (Fsp3) is 0.167. The van der Waals surface area contributed by atoms with Gasteiger partial charge in [-0.25, -0.2) is 0 Å². The highest BCUT2D eigenvalue weighted by Gasteiger charge is 2.19. The summed E-state index contributed by atoms with van der Waals surface area (Å²) in [5.74, 6) is 1.08. The van der Waals surface area contributed by atoms with E-state index in [0.29, 0.717) is 35.0 Å². The van der Waals surface area contributed by atoms with Gasteiger partial charge in [-0.1, -0.05) is 36.4 Å². The zero-order chi connectivity index (χ0) is 21.6. The van der Waals surface area contributed by atoms with Gasteiger partial charge in [0.1, 0.15) is 5.75 Å². The fourth-order valence-electron chi connectivity index (χ4n) is 3.10. The fourth-order valence-corrected chi connectivity index (χ4v) is 3.10. The molecule has 0 saturated heterocycles. The monoisotopic (exact) mass is 418 g/mol. The molecule has 7 nitrogen and oxygen atoms in total. The third kappa shape index (κ3) is 4.95. The molecule has 158 valence electrons. The third-order valence-electron chi connectivity index (χ3n) is 4.74. The number of benzene rings is 3. The molecule has 1 unspecified atom stereocenters. The van der Waals surface area contributed by atoms with Crippen molar-refractivity contribution in [1.29, 1.82) is 0 Å². The molecule has 7 heteroatoms. The minimum Gasteiger partial charge on any atom is -0.480 e. The number of ether oxygens (including phenoxy) is 3. The van der Waals surface area contributed by atoms with Crippen LogP contribution in [-0.2, 0) is 11.3 Å². The smallest absolute Gasteiger partial charge is 0.261 e. The summed E-state index contributed by atoms with van der Waals surface area (Å²) in [4.78, 5) is 25.2. The van der Waals surface area contributed by atoms with E-state index < -0.39 is 6.10 Å². The Balaban J connectivity index is 1.37. The summed E-state index contributed by atoms with van der Waals surface area (Å²) in [5.41, 5.74) is 1.91. The first-order valence-corrected chi connectivity index (χ1v) is 9.88. The number of hydrogen-bond acceptors (Lipinski definition) is 5. The van der Waals surface area contributed by atoms with E-state index >= 15 is 0 Å². The summed E-state index contributed by atoms with van der Waals surface area (Å²) in [6.45, 7) is 2.16.